The zero-order valence-electron chi connectivity index (χ0n) is 7.95. The Labute approximate surface area is 111 Å². The van der Waals surface area contributed by atoms with Gasteiger partial charge in [-0.2, -0.15) is 4.98 Å². The van der Waals surface area contributed by atoms with E-state index in [1.807, 2.05) is 0 Å². The number of anilines is 1. The van der Waals surface area contributed by atoms with Gasteiger partial charge in [0.2, 0.25) is 0 Å². The van der Waals surface area contributed by atoms with Crippen molar-refractivity contribution in [3.8, 4) is 0 Å². The molecule has 0 bridgehead atoms. The van der Waals surface area contributed by atoms with Crippen molar-refractivity contribution >= 4 is 55.1 Å². The number of carbonyl (C=O) groups excluding carboxylic acids is 1. The molecule has 0 aliphatic heterocycles. The van der Waals surface area contributed by atoms with Crippen LogP contribution in [0.5, 0.6) is 0 Å². The van der Waals surface area contributed by atoms with E-state index in [1.54, 1.807) is 13.0 Å². The van der Waals surface area contributed by atoms with Crippen molar-refractivity contribution in [2.75, 3.05) is 5.32 Å². The van der Waals surface area contributed by atoms with Crippen molar-refractivity contribution in [1.29, 1.82) is 0 Å². The van der Waals surface area contributed by atoms with Gasteiger partial charge >= 0.3 is 6.01 Å². The predicted molar refractivity (Wildman–Crippen MR) is 66.7 cm³/mol. The molecule has 0 aliphatic rings. The summed E-state index contributed by atoms with van der Waals surface area (Å²) < 4.78 is 6.48. The third-order valence-electron chi connectivity index (χ3n) is 1.62. The topological polar surface area (TPSA) is 68.0 Å². The Balaban J connectivity index is 2.14. The van der Waals surface area contributed by atoms with Crippen molar-refractivity contribution in [2.45, 2.75) is 6.92 Å². The highest BCUT2D eigenvalue weighted by atomic mass is 79.9. The van der Waals surface area contributed by atoms with Gasteiger partial charge in [0, 0.05) is 4.47 Å². The molecule has 1 N–H and O–H groups in total. The molecule has 2 rings (SSSR count). The quantitative estimate of drug-likeness (QED) is 0.885. The Hall–Kier alpha value is -0.730. The van der Waals surface area contributed by atoms with E-state index in [9.17, 15) is 4.79 Å². The van der Waals surface area contributed by atoms with Crippen molar-refractivity contribution in [2.24, 2.45) is 0 Å². The van der Waals surface area contributed by atoms with Gasteiger partial charge in [-0.15, -0.1) is 11.3 Å². The number of amides is 1. The van der Waals surface area contributed by atoms with Crippen molar-refractivity contribution < 1.29 is 9.32 Å². The number of nitrogens with zero attached hydrogens (tertiary/aromatic N) is 2. The third-order valence-corrected chi connectivity index (χ3v) is 4.87. The first kappa shape index (κ1) is 11.7. The molecular weight excluding hydrogens is 362 g/mol. The molecule has 0 saturated heterocycles. The summed E-state index contributed by atoms with van der Waals surface area (Å²) in [5, 5.41) is 6.08. The second-order valence-electron chi connectivity index (χ2n) is 2.83. The molecule has 0 aromatic carbocycles. The number of thiophene rings is 1. The molecule has 0 radical (unpaired) electrons. The first-order valence-corrected chi connectivity index (χ1v) is 6.53. The average molecular weight is 367 g/mol. The molecule has 2 aromatic heterocycles. The Bertz CT molecular complexity index is 518. The summed E-state index contributed by atoms with van der Waals surface area (Å²) in [4.78, 5) is 16.1. The van der Waals surface area contributed by atoms with Crippen LogP contribution in [0.1, 0.15) is 15.5 Å². The third kappa shape index (κ3) is 2.50. The van der Waals surface area contributed by atoms with Crippen molar-refractivity contribution in [3.63, 3.8) is 0 Å². The lowest BCUT2D eigenvalue weighted by molar-refractivity contribution is 0.102. The van der Waals surface area contributed by atoms with E-state index in [2.05, 4.69) is 47.3 Å². The number of hydrogen-bond donors (Lipinski definition) is 1. The van der Waals surface area contributed by atoms with Gasteiger partial charge in [-0.3, -0.25) is 10.1 Å². The SMILES string of the molecule is Cc1noc(NC(=O)c2cc(Br)c(Br)s2)n1. The van der Waals surface area contributed by atoms with Crippen LogP contribution in [0.3, 0.4) is 0 Å². The summed E-state index contributed by atoms with van der Waals surface area (Å²) >= 11 is 7.94. The molecule has 0 saturated carbocycles. The van der Waals surface area contributed by atoms with Gasteiger partial charge in [0.15, 0.2) is 5.82 Å². The number of hydrogen-bond acceptors (Lipinski definition) is 5. The van der Waals surface area contributed by atoms with Gasteiger partial charge in [-0.05, 0) is 44.8 Å². The van der Waals surface area contributed by atoms with Crippen LogP contribution in [0.25, 0.3) is 0 Å². The first-order valence-electron chi connectivity index (χ1n) is 4.13. The molecule has 1 amide bonds. The van der Waals surface area contributed by atoms with Crippen molar-refractivity contribution in [1.82, 2.24) is 10.1 Å². The highest BCUT2D eigenvalue weighted by Gasteiger charge is 2.14. The minimum Gasteiger partial charge on any atom is -0.315 e. The van der Waals surface area contributed by atoms with E-state index in [4.69, 9.17) is 4.52 Å². The summed E-state index contributed by atoms with van der Waals surface area (Å²) in [6.07, 6.45) is 0. The lowest BCUT2D eigenvalue weighted by atomic mass is 10.4. The van der Waals surface area contributed by atoms with E-state index in [-0.39, 0.29) is 11.9 Å². The fourth-order valence-electron chi connectivity index (χ4n) is 0.965. The Morgan fingerprint density at radius 3 is 2.81 bits per heavy atom. The Morgan fingerprint density at radius 2 is 2.31 bits per heavy atom. The molecule has 0 aliphatic carbocycles. The lowest BCUT2D eigenvalue weighted by Gasteiger charge is -1.94. The van der Waals surface area contributed by atoms with Gasteiger partial charge < -0.3 is 4.52 Å². The minimum absolute atomic E-state index is 0.100. The van der Waals surface area contributed by atoms with Crippen LogP contribution < -0.4 is 5.32 Å². The van der Waals surface area contributed by atoms with E-state index in [0.717, 1.165) is 8.26 Å². The zero-order chi connectivity index (χ0) is 11.7. The fraction of sp³-hybridized carbons (Fsp3) is 0.125. The normalized spacial score (nSPS) is 10.4. The summed E-state index contributed by atoms with van der Waals surface area (Å²) in [7, 11) is 0. The number of halogens is 2. The number of aromatic nitrogens is 2. The van der Waals surface area contributed by atoms with E-state index in [1.165, 1.54) is 11.3 Å². The first-order chi connectivity index (χ1) is 7.56. The summed E-state index contributed by atoms with van der Waals surface area (Å²) in [5.74, 6) is 0.198. The van der Waals surface area contributed by atoms with Crippen LogP contribution >= 0.6 is 43.2 Å². The molecule has 5 nitrogen and oxygen atoms in total. The number of carbonyl (C=O) groups is 1. The van der Waals surface area contributed by atoms with Crippen LogP contribution in [0.2, 0.25) is 0 Å². The van der Waals surface area contributed by atoms with Crippen molar-refractivity contribution in [3.05, 3.63) is 25.0 Å². The molecule has 0 unspecified atom stereocenters. The molecule has 0 fully saturated rings. The maximum absolute atomic E-state index is 11.7. The molecule has 0 atom stereocenters. The average Bonchev–Trinajstić information content (AvgIpc) is 2.75. The Morgan fingerprint density at radius 1 is 1.56 bits per heavy atom. The molecule has 2 aromatic rings. The number of nitrogens with one attached hydrogen (secondary N) is 1. The molecule has 8 heteroatoms. The second-order valence-corrected chi connectivity index (χ2v) is 6.06. The maximum Gasteiger partial charge on any atom is 0.328 e. The van der Waals surface area contributed by atoms with Gasteiger partial charge in [-0.1, -0.05) is 5.16 Å². The van der Waals surface area contributed by atoms with Gasteiger partial charge in [0.1, 0.15) is 0 Å². The summed E-state index contributed by atoms with van der Waals surface area (Å²) in [6.45, 7) is 1.68. The molecule has 16 heavy (non-hydrogen) atoms. The maximum atomic E-state index is 11.7. The van der Waals surface area contributed by atoms with Gasteiger partial charge in [-0.25, -0.2) is 0 Å². The highest BCUT2D eigenvalue weighted by molar-refractivity contribution is 9.13. The van der Waals surface area contributed by atoms with Crippen LogP contribution in [-0.4, -0.2) is 16.0 Å². The van der Waals surface area contributed by atoms with Gasteiger partial charge in [0.05, 0.1) is 8.66 Å². The minimum atomic E-state index is -0.278. The fourth-order valence-corrected chi connectivity index (χ4v) is 2.90. The highest BCUT2D eigenvalue weighted by Crippen LogP contribution is 2.32. The number of rotatable bonds is 2. The largest absolute Gasteiger partial charge is 0.328 e. The summed E-state index contributed by atoms with van der Waals surface area (Å²) in [5.41, 5.74) is 0. The lowest BCUT2D eigenvalue weighted by Crippen LogP contribution is -2.10. The van der Waals surface area contributed by atoms with Crippen LogP contribution in [0.15, 0.2) is 18.8 Å². The van der Waals surface area contributed by atoms with Crippen LogP contribution in [0.4, 0.5) is 6.01 Å². The Kier molecular flexibility index (Phi) is 3.41. The molecule has 0 spiro atoms. The monoisotopic (exact) mass is 365 g/mol. The van der Waals surface area contributed by atoms with E-state index in [0.29, 0.717) is 10.7 Å². The van der Waals surface area contributed by atoms with Crippen LogP contribution in [-0.2, 0) is 0 Å². The smallest absolute Gasteiger partial charge is 0.315 e. The second kappa shape index (κ2) is 4.64. The molecule has 2 heterocycles. The number of aryl methyl sites for hydroxylation is 1. The standard InChI is InChI=1S/C8H5Br2N3O2S/c1-3-11-8(15-13-3)12-7(14)5-2-4(9)6(10)16-5/h2H,1H3,(H,11,12,13,14). The predicted octanol–water partition coefficient (Wildman–Crippen LogP) is 3.22. The van der Waals surface area contributed by atoms with E-state index >= 15 is 0 Å². The summed E-state index contributed by atoms with van der Waals surface area (Å²) in [6, 6.07) is 1.82. The molecular formula is C8H5Br2N3O2S. The van der Waals surface area contributed by atoms with E-state index < -0.39 is 0 Å². The van der Waals surface area contributed by atoms with Crippen LogP contribution in [0, 0.1) is 6.92 Å². The zero-order valence-corrected chi connectivity index (χ0v) is 11.9. The molecule has 84 valence electrons. The van der Waals surface area contributed by atoms with Gasteiger partial charge in [0.25, 0.3) is 5.91 Å².